The number of alkyl halides is 3. The molecule has 1 rings (SSSR count). The summed E-state index contributed by atoms with van der Waals surface area (Å²) in [6.07, 6.45) is -4.12. The lowest BCUT2D eigenvalue weighted by Gasteiger charge is -2.06. The van der Waals surface area contributed by atoms with Gasteiger partial charge in [-0.3, -0.25) is 0 Å². The number of rotatable bonds is 1. The van der Waals surface area contributed by atoms with Crippen LogP contribution in [0.2, 0.25) is 0 Å². The van der Waals surface area contributed by atoms with Crippen LogP contribution in [-0.2, 0) is 19.6 Å². The maximum absolute atomic E-state index is 12.2. The molecule has 68 valence electrons. The van der Waals surface area contributed by atoms with Crippen LogP contribution in [0.3, 0.4) is 0 Å². The zero-order chi connectivity index (χ0) is 9.35. The Morgan fingerprint density at radius 2 is 2.00 bits per heavy atom. The summed E-state index contributed by atoms with van der Waals surface area (Å²) >= 11 is 0. The average molecular weight is 179 g/mol. The lowest BCUT2D eigenvalue weighted by Crippen LogP contribution is -2.13. The van der Waals surface area contributed by atoms with E-state index in [1.165, 1.54) is 7.05 Å². The zero-order valence-electron chi connectivity index (χ0n) is 6.68. The summed E-state index contributed by atoms with van der Waals surface area (Å²) in [7, 11) is 1.23. The van der Waals surface area contributed by atoms with Gasteiger partial charge >= 0.3 is 6.18 Å². The molecular formula is C6H8F3N3. The van der Waals surface area contributed by atoms with Crippen molar-refractivity contribution in [1.29, 1.82) is 0 Å². The molecule has 6 heteroatoms. The minimum absolute atomic E-state index is 0.00926. The van der Waals surface area contributed by atoms with Crippen LogP contribution in [0.5, 0.6) is 0 Å². The van der Waals surface area contributed by atoms with E-state index >= 15 is 0 Å². The van der Waals surface area contributed by atoms with E-state index in [1.807, 2.05) is 0 Å². The van der Waals surface area contributed by atoms with Crippen LogP contribution in [0.4, 0.5) is 13.2 Å². The normalized spacial score (nSPS) is 12.1. The second-order valence-corrected chi connectivity index (χ2v) is 2.36. The Labute approximate surface area is 67.2 Å². The maximum atomic E-state index is 12.2. The number of aromatic nitrogens is 3. The first-order valence-corrected chi connectivity index (χ1v) is 3.42. The van der Waals surface area contributed by atoms with E-state index in [0.29, 0.717) is 0 Å². The van der Waals surface area contributed by atoms with E-state index < -0.39 is 11.9 Å². The van der Waals surface area contributed by atoms with Crippen LogP contribution in [0.1, 0.15) is 18.3 Å². The van der Waals surface area contributed by atoms with Crippen molar-refractivity contribution in [3.05, 3.63) is 11.4 Å². The van der Waals surface area contributed by atoms with Crippen molar-refractivity contribution < 1.29 is 13.2 Å². The molecule has 0 aliphatic heterocycles. The van der Waals surface area contributed by atoms with Crippen molar-refractivity contribution >= 4 is 0 Å². The van der Waals surface area contributed by atoms with E-state index in [-0.39, 0.29) is 12.1 Å². The Kier molecular flexibility index (Phi) is 2.08. The molecular weight excluding hydrogens is 171 g/mol. The average Bonchev–Trinajstić information content (AvgIpc) is 2.29. The van der Waals surface area contributed by atoms with Gasteiger partial charge in [-0.15, -0.1) is 5.10 Å². The molecule has 1 aromatic heterocycles. The standard InChI is InChI=1S/C6H8F3N3/c1-3-4-5(6(7,8)9)12(2)11-10-4/h3H2,1-2H3. The fraction of sp³-hybridized carbons (Fsp3) is 0.667. The summed E-state index contributed by atoms with van der Waals surface area (Å²) in [4.78, 5) is 0. The van der Waals surface area contributed by atoms with Crippen molar-refractivity contribution in [2.45, 2.75) is 19.5 Å². The van der Waals surface area contributed by atoms with Gasteiger partial charge in [0.2, 0.25) is 0 Å². The van der Waals surface area contributed by atoms with Gasteiger partial charge < -0.3 is 0 Å². The van der Waals surface area contributed by atoms with Crippen LogP contribution in [0, 0.1) is 0 Å². The third-order valence-electron chi connectivity index (χ3n) is 1.50. The second kappa shape index (κ2) is 2.76. The molecule has 0 bridgehead atoms. The van der Waals surface area contributed by atoms with E-state index in [9.17, 15) is 13.2 Å². The predicted molar refractivity (Wildman–Crippen MR) is 35.4 cm³/mol. The van der Waals surface area contributed by atoms with Crippen LogP contribution < -0.4 is 0 Å². The molecule has 0 N–H and O–H groups in total. The molecule has 0 aliphatic carbocycles. The Morgan fingerprint density at radius 1 is 1.42 bits per heavy atom. The first-order chi connectivity index (χ1) is 5.46. The third-order valence-corrected chi connectivity index (χ3v) is 1.50. The first-order valence-electron chi connectivity index (χ1n) is 3.42. The molecule has 0 fully saturated rings. The highest BCUT2D eigenvalue weighted by atomic mass is 19.4. The number of nitrogens with zero attached hydrogens (tertiary/aromatic N) is 3. The molecule has 0 unspecified atom stereocenters. The van der Waals surface area contributed by atoms with Gasteiger partial charge in [0.05, 0.1) is 5.69 Å². The smallest absolute Gasteiger partial charge is 0.243 e. The highest BCUT2D eigenvalue weighted by Crippen LogP contribution is 2.30. The molecule has 0 saturated carbocycles. The molecule has 1 aromatic rings. The topological polar surface area (TPSA) is 30.7 Å². The van der Waals surface area contributed by atoms with Crippen LogP contribution >= 0.6 is 0 Å². The summed E-state index contributed by atoms with van der Waals surface area (Å²) < 4.78 is 37.4. The van der Waals surface area contributed by atoms with Crippen molar-refractivity contribution in [3.8, 4) is 0 Å². The Bertz CT molecular complexity index is 276. The molecule has 0 amide bonds. The van der Waals surface area contributed by atoms with Gasteiger partial charge in [0.1, 0.15) is 0 Å². The van der Waals surface area contributed by atoms with Crippen LogP contribution in [-0.4, -0.2) is 15.0 Å². The summed E-state index contributed by atoms with van der Waals surface area (Å²) in [5.41, 5.74) is -0.769. The van der Waals surface area contributed by atoms with E-state index in [1.54, 1.807) is 6.92 Å². The SMILES string of the molecule is CCc1nnn(C)c1C(F)(F)F. The molecule has 12 heavy (non-hydrogen) atoms. The second-order valence-electron chi connectivity index (χ2n) is 2.36. The Balaban J connectivity index is 3.19. The molecule has 0 aliphatic rings. The molecule has 0 atom stereocenters. The lowest BCUT2D eigenvalue weighted by molar-refractivity contribution is -0.144. The number of aryl methyl sites for hydroxylation is 2. The van der Waals surface area contributed by atoms with Crippen molar-refractivity contribution in [2.24, 2.45) is 7.05 Å². The zero-order valence-corrected chi connectivity index (χ0v) is 6.68. The van der Waals surface area contributed by atoms with E-state index in [0.717, 1.165) is 4.68 Å². The van der Waals surface area contributed by atoms with Gasteiger partial charge in [-0.25, -0.2) is 4.68 Å². The first kappa shape index (κ1) is 9.02. The summed E-state index contributed by atoms with van der Waals surface area (Å²) in [6, 6.07) is 0. The Morgan fingerprint density at radius 3 is 2.33 bits per heavy atom. The van der Waals surface area contributed by atoms with Crippen molar-refractivity contribution in [1.82, 2.24) is 15.0 Å². The molecule has 0 spiro atoms. The van der Waals surface area contributed by atoms with Crippen LogP contribution in [0.15, 0.2) is 0 Å². The Hall–Kier alpha value is -1.07. The number of halogens is 3. The molecule has 1 heterocycles. The molecule has 0 saturated heterocycles. The van der Waals surface area contributed by atoms with E-state index in [4.69, 9.17) is 0 Å². The molecule has 3 nitrogen and oxygen atoms in total. The number of hydrogen-bond donors (Lipinski definition) is 0. The highest BCUT2D eigenvalue weighted by Gasteiger charge is 2.37. The summed E-state index contributed by atoms with van der Waals surface area (Å²) in [5.74, 6) is 0. The summed E-state index contributed by atoms with van der Waals surface area (Å²) in [5, 5.41) is 6.69. The quantitative estimate of drug-likeness (QED) is 0.652. The third kappa shape index (κ3) is 1.41. The van der Waals surface area contributed by atoms with Crippen LogP contribution in [0.25, 0.3) is 0 Å². The predicted octanol–water partition coefficient (Wildman–Crippen LogP) is 1.40. The molecule has 0 radical (unpaired) electrons. The van der Waals surface area contributed by atoms with Gasteiger partial charge in [-0.2, -0.15) is 13.2 Å². The highest BCUT2D eigenvalue weighted by molar-refractivity contribution is 5.13. The van der Waals surface area contributed by atoms with Gasteiger partial charge in [0.15, 0.2) is 5.69 Å². The van der Waals surface area contributed by atoms with Gasteiger partial charge in [-0.05, 0) is 6.42 Å². The van der Waals surface area contributed by atoms with E-state index in [2.05, 4.69) is 10.3 Å². The maximum Gasteiger partial charge on any atom is 0.434 e. The monoisotopic (exact) mass is 179 g/mol. The van der Waals surface area contributed by atoms with Gasteiger partial charge in [-0.1, -0.05) is 12.1 Å². The largest absolute Gasteiger partial charge is 0.434 e. The fourth-order valence-corrected chi connectivity index (χ4v) is 0.985. The fourth-order valence-electron chi connectivity index (χ4n) is 0.985. The van der Waals surface area contributed by atoms with Gasteiger partial charge in [0, 0.05) is 7.05 Å². The lowest BCUT2D eigenvalue weighted by atomic mass is 10.2. The van der Waals surface area contributed by atoms with Crippen molar-refractivity contribution in [3.63, 3.8) is 0 Å². The molecule has 0 aromatic carbocycles. The minimum atomic E-state index is -4.36. The minimum Gasteiger partial charge on any atom is -0.243 e. The summed E-state index contributed by atoms with van der Waals surface area (Å²) in [6.45, 7) is 1.61. The van der Waals surface area contributed by atoms with Gasteiger partial charge in [0.25, 0.3) is 0 Å². The van der Waals surface area contributed by atoms with Crippen molar-refractivity contribution in [2.75, 3.05) is 0 Å². The number of hydrogen-bond acceptors (Lipinski definition) is 2.